The van der Waals surface area contributed by atoms with Crippen molar-refractivity contribution in [1.29, 1.82) is 0 Å². The van der Waals surface area contributed by atoms with Crippen molar-refractivity contribution in [2.45, 2.75) is 32.4 Å². The van der Waals surface area contributed by atoms with Crippen LogP contribution in [0.15, 0.2) is 18.2 Å². The van der Waals surface area contributed by atoms with Crippen LogP contribution in [-0.2, 0) is 11.3 Å². The number of hydrogen-bond acceptors (Lipinski definition) is 2. The number of rotatable bonds is 3. The first-order valence-corrected chi connectivity index (χ1v) is 5.80. The molecule has 1 N–H and O–H groups in total. The fourth-order valence-corrected chi connectivity index (χ4v) is 2.32. The number of halogens is 1. The Morgan fingerprint density at radius 3 is 3.06 bits per heavy atom. The van der Waals surface area contributed by atoms with Crippen molar-refractivity contribution >= 4 is 5.97 Å². The first-order valence-electron chi connectivity index (χ1n) is 5.80. The average Bonchev–Trinajstić information content (AvgIpc) is 2.71. The summed E-state index contributed by atoms with van der Waals surface area (Å²) in [6.45, 7) is 3.20. The third-order valence-corrected chi connectivity index (χ3v) is 3.33. The predicted molar refractivity (Wildman–Crippen MR) is 62.2 cm³/mol. The SMILES string of the molecule is Cc1ccc(F)cc1CN1CCC[C@@H]1C(=O)O. The minimum Gasteiger partial charge on any atom is -0.480 e. The normalized spacial score (nSPS) is 20.7. The maximum Gasteiger partial charge on any atom is 0.320 e. The Bertz CT molecular complexity index is 433. The zero-order valence-corrected chi connectivity index (χ0v) is 9.82. The van der Waals surface area contributed by atoms with Crippen LogP contribution in [0.25, 0.3) is 0 Å². The second kappa shape index (κ2) is 4.84. The zero-order valence-electron chi connectivity index (χ0n) is 9.82. The molecule has 92 valence electrons. The van der Waals surface area contributed by atoms with Gasteiger partial charge in [-0.25, -0.2) is 4.39 Å². The van der Waals surface area contributed by atoms with Gasteiger partial charge in [0.05, 0.1) is 0 Å². The molecule has 0 spiro atoms. The molecule has 1 fully saturated rings. The average molecular weight is 237 g/mol. The molecule has 1 aliphatic heterocycles. The third kappa shape index (κ3) is 2.64. The Balaban J connectivity index is 2.15. The Morgan fingerprint density at radius 1 is 1.59 bits per heavy atom. The van der Waals surface area contributed by atoms with Crippen molar-refractivity contribution in [1.82, 2.24) is 4.90 Å². The number of carbonyl (C=O) groups is 1. The fraction of sp³-hybridized carbons (Fsp3) is 0.462. The zero-order chi connectivity index (χ0) is 12.4. The molecule has 0 aromatic heterocycles. The number of benzene rings is 1. The van der Waals surface area contributed by atoms with Crippen molar-refractivity contribution in [3.8, 4) is 0 Å². The van der Waals surface area contributed by atoms with Gasteiger partial charge in [0, 0.05) is 6.54 Å². The van der Waals surface area contributed by atoms with Gasteiger partial charge in [-0.3, -0.25) is 9.69 Å². The van der Waals surface area contributed by atoms with Crippen LogP contribution >= 0.6 is 0 Å². The molecule has 4 heteroatoms. The van der Waals surface area contributed by atoms with Gasteiger partial charge in [-0.05, 0) is 49.6 Å². The highest BCUT2D eigenvalue weighted by Gasteiger charge is 2.30. The van der Waals surface area contributed by atoms with Crippen LogP contribution < -0.4 is 0 Å². The number of aliphatic carboxylic acids is 1. The monoisotopic (exact) mass is 237 g/mol. The molecule has 0 bridgehead atoms. The second-order valence-corrected chi connectivity index (χ2v) is 4.54. The van der Waals surface area contributed by atoms with Crippen LogP contribution in [0, 0.1) is 12.7 Å². The molecule has 3 nitrogen and oxygen atoms in total. The van der Waals surface area contributed by atoms with Gasteiger partial charge >= 0.3 is 5.97 Å². The molecule has 17 heavy (non-hydrogen) atoms. The lowest BCUT2D eigenvalue weighted by atomic mass is 10.1. The molecule has 0 amide bonds. The Morgan fingerprint density at radius 2 is 2.35 bits per heavy atom. The fourth-order valence-electron chi connectivity index (χ4n) is 2.32. The number of aryl methyl sites for hydroxylation is 1. The minimum atomic E-state index is -0.781. The quantitative estimate of drug-likeness (QED) is 0.876. The standard InChI is InChI=1S/C13H16FNO2/c1-9-4-5-11(14)7-10(9)8-15-6-2-3-12(15)13(16)17/h4-5,7,12H,2-3,6,8H2,1H3,(H,16,17)/t12-/m1/s1. The van der Waals surface area contributed by atoms with Gasteiger partial charge in [0.2, 0.25) is 0 Å². The van der Waals surface area contributed by atoms with E-state index in [-0.39, 0.29) is 5.82 Å². The van der Waals surface area contributed by atoms with Gasteiger partial charge in [0.15, 0.2) is 0 Å². The van der Waals surface area contributed by atoms with Gasteiger partial charge in [-0.15, -0.1) is 0 Å². The summed E-state index contributed by atoms with van der Waals surface area (Å²) in [5, 5.41) is 9.07. The maximum atomic E-state index is 13.1. The molecule has 1 aromatic carbocycles. The summed E-state index contributed by atoms with van der Waals surface area (Å²) in [6.07, 6.45) is 1.58. The van der Waals surface area contributed by atoms with Gasteiger partial charge in [0.1, 0.15) is 11.9 Å². The van der Waals surface area contributed by atoms with Crippen LogP contribution in [0.3, 0.4) is 0 Å². The molecule has 2 rings (SSSR count). The lowest BCUT2D eigenvalue weighted by molar-refractivity contribution is -0.142. The van der Waals surface area contributed by atoms with Crippen LogP contribution in [0.4, 0.5) is 4.39 Å². The van der Waals surface area contributed by atoms with Crippen molar-refractivity contribution in [3.05, 3.63) is 35.1 Å². The van der Waals surface area contributed by atoms with Crippen LogP contribution in [-0.4, -0.2) is 28.6 Å². The van der Waals surface area contributed by atoms with Gasteiger partial charge in [0.25, 0.3) is 0 Å². The van der Waals surface area contributed by atoms with Crippen molar-refractivity contribution in [3.63, 3.8) is 0 Å². The molecule has 0 saturated carbocycles. The second-order valence-electron chi connectivity index (χ2n) is 4.54. The molecule has 0 radical (unpaired) electrons. The lowest BCUT2D eigenvalue weighted by Crippen LogP contribution is -2.35. The van der Waals surface area contributed by atoms with Gasteiger partial charge < -0.3 is 5.11 Å². The van der Waals surface area contributed by atoms with E-state index in [0.29, 0.717) is 13.0 Å². The largest absolute Gasteiger partial charge is 0.480 e. The topological polar surface area (TPSA) is 40.5 Å². The first kappa shape index (κ1) is 12.0. The summed E-state index contributed by atoms with van der Waals surface area (Å²) in [7, 11) is 0. The molecule has 1 aliphatic rings. The third-order valence-electron chi connectivity index (χ3n) is 3.33. The summed E-state index contributed by atoms with van der Waals surface area (Å²) in [4.78, 5) is 12.9. The molecule has 1 heterocycles. The summed E-state index contributed by atoms with van der Waals surface area (Å²) in [5.41, 5.74) is 1.88. The minimum absolute atomic E-state index is 0.267. The lowest BCUT2D eigenvalue weighted by Gasteiger charge is -2.21. The summed E-state index contributed by atoms with van der Waals surface area (Å²) in [6, 6.07) is 4.23. The van der Waals surface area contributed by atoms with Gasteiger partial charge in [-0.1, -0.05) is 6.07 Å². The highest BCUT2D eigenvalue weighted by atomic mass is 19.1. The van der Waals surface area contributed by atoms with E-state index >= 15 is 0 Å². The van der Waals surface area contributed by atoms with Crippen molar-refractivity contribution < 1.29 is 14.3 Å². The molecule has 0 aliphatic carbocycles. The summed E-state index contributed by atoms with van der Waals surface area (Å²) in [5.74, 6) is -1.05. The van der Waals surface area contributed by atoms with E-state index in [9.17, 15) is 9.18 Å². The van der Waals surface area contributed by atoms with E-state index in [4.69, 9.17) is 5.11 Å². The Kier molecular flexibility index (Phi) is 3.43. The van der Waals surface area contributed by atoms with Crippen LogP contribution in [0.5, 0.6) is 0 Å². The highest BCUT2D eigenvalue weighted by Crippen LogP contribution is 2.22. The van der Waals surface area contributed by atoms with E-state index in [1.165, 1.54) is 12.1 Å². The molecule has 1 saturated heterocycles. The first-order chi connectivity index (χ1) is 8.08. The number of hydrogen-bond donors (Lipinski definition) is 1. The van der Waals surface area contributed by atoms with E-state index in [0.717, 1.165) is 24.1 Å². The number of carboxylic acid groups (broad SMARTS) is 1. The van der Waals surface area contributed by atoms with E-state index in [1.807, 2.05) is 11.8 Å². The molecular formula is C13H16FNO2. The number of nitrogens with zero attached hydrogens (tertiary/aromatic N) is 1. The maximum absolute atomic E-state index is 13.1. The smallest absolute Gasteiger partial charge is 0.320 e. The van der Waals surface area contributed by atoms with Crippen molar-refractivity contribution in [2.75, 3.05) is 6.54 Å². The summed E-state index contributed by atoms with van der Waals surface area (Å²) >= 11 is 0. The van der Waals surface area contributed by atoms with E-state index in [2.05, 4.69) is 0 Å². The summed E-state index contributed by atoms with van der Waals surface area (Å²) < 4.78 is 13.1. The van der Waals surface area contributed by atoms with Gasteiger partial charge in [-0.2, -0.15) is 0 Å². The molecule has 0 unspecified atom stereocenters. The van der Waals surface area contributed by atoms with Crippen LogP contribution in [0.1, 0.15) is 24.0 Å². The Hall–Kier alpha value is -1.42. The number of carboxylic acids is 1. The van der Waals surface area contributed by atoms with E-state index < -0.39 is 12.0 Å². The number of likely N-dealkylation sites (tertiary alicyclic amines) is 1. The molecular weight excluding hydrogens is 221 g/mol. The predicted octanol–water partition coefficient (Wildman–Crippen LogP) is 2.18. The molecule has 1 atom stereocenters. The molecule has 1 aromatic rings. The highest BCUT2D eigenvalue weighted by molar-refractivity contribution is 5.73. The Labute approximate surface area is 99.9 Å². The van der Waals surface area contributed by atoms with Crippen molar-refractivity contribution in [2.24, 2.45) is 0 Å². The van der Waals surface area contributed by atoms with Crippen LogP contribution in [0.2, 0.25) is 0 Å². The van der Waals surface area contributed by atoms with E-state index in [1.54, 1.807) is 6.07 Å².